The van der Waals surface area contributed by atoms with Crippen molar-refractivity contribution in [2.24, 2.45) is 5.10 Å². The standard InChI is InChI=1S/C22H23N3O5/c1-3-29-18-11-9-16(10-12-18)23-21(27)15(2)30-22(28)19-13-14-20(26)25(24-19)17-7-5-4-6-8-17/h4-12,15H,3,13-14H2,1-2H3,(H,23,27). The van der Waals surface area contributed by atoms with E-state index >= 15 is 0 Å². The molecule has 0 aliphatic carbocycles. The van der Waals surface area contributed by atoms with Crippen LogP contribution in [-0.2, 0) is 19.1 Å². The Labute approximate surface area is 174 Å². The summed E-state index contributed by atoms with van der Waals surface area (Å²) >= 11 is 0. The molecule has 30 heavy (non-hydrogen) atoms. The number of hydrogen-bond donors (Lipinski definition) is 1. The molecule has 1 aliphatic rings. The molecule has 1 atom stereocenters. The number of carbonyl (C=O) groups excluding carboxylic acids is 3. The van der Waals surface area contributed by atoms with Crippen LogP contribution in [0.5, 0.6) is 5.75 Å². The van der Waals surface area contributed by atoms with Gasteiger partial charge in [0.2, 0.25) is 5.91 Å². The number of para-hydroxylation sites is 1. The lowest BCUT2D eigenvalue weighted by atomic mass is 10.1. The van der Waals surface area contributed by atoms with Crippen molar-refractivity contribution in [3.05, 3.63) is 54.6 Å². The van der Waals surface area contributed by atoms with E-state index in [1.165, 1.54) is 11.9 Å². The molecule has 0 saturated carbocycles. The molecule has 2 aromatic carbocycles. The Balaban J connectivity index is 1.61. The second-order valence-corrected chi connectivity index (χ2v) is 6.58. The highest BCUT2D eigenvalue weighted by atomic mass is 16.5. The summed E-state index contributed by atoms with van der Waals surface area (Å²) in [5.74, 6) is -0.709. The molecule has 8 nitrogen and oxygen atoms in total. The molecule has 1 N–H and O–H groups in total. The highest BCUT2D eigenvalue weighted by Gasteiger charge is 2.28. The molecule has 2 aromatic rings. The fraction of sp³-hybridized carbons (Fsp3) is 0.273. The normalized spacial score (nSPS) is 14.5. The first-order valence-electron chi connectivity index (χ1n) is 9.68. The van der Waals surface area contributed by atoms with E-state index in [2.05, 4.69) is 10.4 Å². The zero-order chi connectivity index (χ0) is 21.5. The van der Waals surface area contributed by atoms with Crippen LogP contribution in [0.4, 0.5) is 11.4 Å². The van der Waals surface area contributed by atoms with Crippen LogP contribution in [0, 0.1) is 0 Å². The zero-order valence-electron chi connectivity index (χ0n) is 16.8. The van der Waals surface area contributed by atoms with Crippen molar-refractivity contribution in [2.75, 3.05) is 16.9 Å². The molecule has 1 heterocycles. The third-order valence-electron chi connectivity index (χ3n) is 4.35. The summed E-state index contributed by atoms with van der Waals surface area (Å²) < 4.78 is 10.6. The number of ether oxygens (including phenoxy) is 2. The lowest BCUT2D eigenvalue weighted by Crippen LogP contribution is -2.37. The second-order valence-electron chi connectivity index (χ2n) is 6.58. The summed E-state index contributed by atoms with van der Waals surface area (Å²) in [6.07, 6.45) is -0.737. The lowest BCUT2D eigenvalue weighted by Gasteiger charge is -2.23. The SMILES string of the molecule is CCOc1ccc(NC(=O)C(C)OC(=O)C2=NN(c3ccccc3)C(=O)CC2)cc1. The van der Waals surface area contributed by atoms with Crippen molar-refractivity contribution in [1.29, 1.82) is 0 Å². The van der Waals surface area contributed by atoms with Crippen LogP contribution in [0.1, 0.15) is 26.7 Å². The minimum absolute atomic E-state index is 0.0965. The monoisotopic (exact) mass is 409 g/mol. The summed E-state index contributed by atoms with van der Waals surface area (Å²) in [5.41, 5.74) is 1.22. The van der Waals surface area contributed by atoms with E-state index < -0.39 is 18.0 Å². The van der Waals surface area contributed by atoms with Crippen LogP contribution in [-0.4, -0.2) is 36.2 Å². The van der Waals surface area contributed by atoms with Gasteiger partial charge in [0.15, 0.2) is 6.10 Å². The van der Waals surface area contributed by atoms with Crippen LogP contribution in [0.15, 0.2) is 59.7 Å². The second kappa shape index (κ2) is 9.69. The largest absolute Gasteiger partial charge is 0.494 e. The molecule has 1 unspecified atom stereocenters. The lowest BCUT2D eigenvalue weighted by molar-refractivity contribution is -0.146. The Kier molecular flexibility index (Phi) is 6.79. The number of rotatable bonds is 7. The molecule has 0 radical (unpaired) electrons. The van der Waals surface area contributed by atoms with Crippen molar-refractivity contribution in [2.45, 2.75) is 32.8 Å². The average molecular weight is 409 g/mol. The number of esters is 1. The summed E-state index contributed by atoms with van der Waals surface area (Å²) in [7, 11) is 0. The van der Waals surface area contributed by atoms with Crippen molar-refractivity contribution < 1.29 is 23.9 Å². The topological polar surface area (TPSA) is 97.3 Å². The van der Waals surface area contributed by atoms with Crippen LogP contribution in [0.25, 0.3) is 0 Å². The van der Waals surface area contributed by atoms with Crippen molar-refractivity contribution in [3.63, 3.8) is 0 Å². The van der Waals surface area contributed by atoms with Crippen LogP contribution >= 0.6 is 0 Å². The van der Waals surface area contributed by atoms with E-state index in [1.807, 2.05) is 13.0 Å². The van der Waals surface area contributed by atoms with E-state index in [-0.39, 0.29) is 24.5 Å². The van der Waals surface area contributed by atoms with Gasteiger partial charge in [-0.1, -0.05) is 18.2 Å². The van der Waals surface area contributed by atoms with Gasteiger partial charge in [-0.05, 0) is 50.2 Å². The Hall–Kier alpha value is -3.68. The first-order chi connectivity index (χ1) is 14.5. The summed E-state index contributed by atoms with van der Waals surface area (Å²) in [6, 6.07) is 15.7. The van der Waals surface area contributed by atoms with E-state index in [4.69, 9.17) is 9.47 Å². The number of benzene rings is 2. The minimum Gasteiger partial charge on any atom is -0.494 e. The number of anilines is 2. The molecule has 8 heteroatoms. The van der Waals surface area contributed by atoms with Gasteiger partial charge in [-0.3, -0.25) is 9.59 Å². The molecule has 1 aliphatic heterocycles. The first-order valence-corrected chi connectivity index (χ1v) is 9.68. The number of carbonyl (C=O) groups is 3. The van der Waals surface area contributed by atoms with Gasteiger partial charge in [0.05, 0.1) is 12.3 Å². The van der Waals surface area contributed by atoms with E-state index in [1.54, 1.807) is 48.5 Å². The van der Waals surface area contributed by atoms with Crippen LogP contribution in [0.3, 0.4) is 0 Å². The number of amides is 2. The van der Waals surface area contributed by atoms with E-state index in [0.29, 0.717) is 23.7 Å². The number of hydrazone groups is 1. The van der Waals surface area contributed by atoms with Gasteiger partial charge >= 0.3 is 5.97 Å². The average Bonchev–Trinajstić information content (AvgIpc) is 2.76. The van der Waals surface area contributed by atoms with Crippen molar-refractivity contribution in [3.8, 4) is 5.75 Å². The molecule has 0 aromatic heterocycles. The third kappa shape index (κ3) is 5.22. The van der Waals surface area contributed by atoms with Gasteiger partial charge in [0.25, 0.3) is 5.91 Å². The van der Waals surface area contributed by atoms with Gasteiger partial charge in [-0.15, -0.1) is 0 Å². The zero-order valence-corrected chi connectivity index (χ0v) is 16.8. The molecular weight excluding hydrogens is 386 g/mol. The van der Waals surface area contributed by atoms with Crippen LogP contribution < -0.4 is 15.1 Å². The maximum absolute atomic E-state index is 12.5. The summed E-state index contributed by atoms with van der Waals surface area (Å²) in [4.78, 5) is 37.0. The van der Waals surface area contributed by atoms with E-state index in [9.17, 15) is 14.4 Å². The van der Waals surface area contributed by atoms with Gasteiger partial charge < -0.3 is 14.8 Å². The predicted molar refractivity (Wildman–Crippen MR) is 112 cm³/mol. The summed E-state index contributed by atoms with van der Waals surface area (Å²) in [6.45, 7) is 3.92. The molecule has 0 bridgehead atoms. The Bertz CT molecular complexity index is 941. The van der Waals surface area contributed by atoms with Gasteiger partial charge in [0, 0.05) is 18.5 Å². The molecule has 0 fully saturated rings. The first kappa shape index (κ1) is 21.0. The maximum atomic E-state index is 12.5. The van der Waals surface area contributed by atoms with E-state index in [0.717, 1.165) is 0 Å². The molecular formula is C22H23N3O5. The Morgan fingerprint density at radius 3 is 2.47 bits per heavy atom. The van der Waals surface area contributed by atoms with Gasteiger partial charge in [-0.25, -0.2) is 9.80 Å². The Morgan fingerprint density at radius 2 is 1.80 bits per heavy atom. The van der Waals surface area contributed by atoms with Crippen molar-refractivity contribution in [1.82, 2.24) is 0 Å². The molecule has 0 spiro atoms. The fourth-order valence-electron chi connectivity index (χ4n) is 2.80. The molecule has 156 valence electrons. The number of nitrogens with one attached hydrogen (secondary N) is 1. The van der Waals surface area contributed by atoms with Crippen molar-refractivity contribution >= 4 is 34.9 Å². The van der Waals surface area contributed by atoms with Crippen LogP contribution in [0.2, 0.25) is 0 Å². The highest BCUT2D eigenvalue weighted by molar-refractivity contribution is 6.38. The molecule has 0 saturated heterocycles. The maximum Gasteiger partial charge on any atom is 0.355 e. The van der Waals surface area contributed by atoms with Gasteiger partial charge in [-0.2, -0.15) is 5.10 Å². The minimum atomic E-state index is -1.03. The third-order valence-corrected chi connectivity index (χ3v) is 4.35. The Morgan fingerprint density at radius 1 is 1.10 bits per heavy atom. The predicted octanol–water partition coefficient (Wildman–Crippen LogP) is 3.14. The quantitative estimate of drug-likeness (QED) is 0.709. The van der Waals surface area contributed by atoms with Gasteiger partial charge in [0.1, 0.15) is 11.5 Å². The summed E-state index contributed by atoms with van der Waals surface area (Å²) in [5, 5.41) is 8.01. The number of nitrogens with zero attached hydrogens (tertiary/aromatic N) is 2. The smallest absolute Gasteiger partial charge is 0.355 e. The fourth-order valence-corrected chi connectivity index (χ4v) is 2.80. The molecule has 2 amide bonds. The number of hydrogen-bond acceptors (Lipinski definition) is 6. The highest BCUT2D eigenvalue weighted by Crippen LogP contribution is 2.20. The molecule has 3 rings (SSSR count).